The normalized spacial score (nSPS) is 18.5. The first kappa shape index (κ1) is 34.9. The van der Waals surface area contributed by atoms with Crippen molar-refractivity contribution in [2.45, 2.75) is 45.6 Å². The van der Waals surface area contributed by atoms with E-state index in [4.69, 9.17) is 16.3 Å². The molecule has 2 aromatic carbocycles. The van der Waals surface area contributed by atoms with Crippen molar-refractivity contribution < 1.29 is 14.3 Å². The summed E-state index contributed by atoms with van der Waals surface area (Å²) >= 11 is 6.60. The van der Waals surface area contributed by atoms with Crippen molar-refractivity contribution in [1.82, 2.24) is 34.9 Å². The van der Waals surface area contributed by atoms with E-state index in [1.165, 1.54) is 0 Å². The highest BCUT2D eigenvalue weighted by atomic mass is 35.5. The summed E-state index contributed by atoms with van der Waals surface area (Å²) in [4.78, 5) is 45.7. The van der Waals surface area contributed by atoms with Gasteiger partial charge in [0.2, 0.25) is 5.91 Å². The van der Waals surface area contributed by atoms with Gasteiger partial charge in [-0.25, -0.2) is 14.8 Å². The number of aryl methyl sites for hydroxylation is 2. The number of carbonyl (C=O) groups excluding carboxylic acids is 2. The number of amides is 3. The summed E-state index contributed by atoms with van der Waals surface area (Å²) in [6.45, 7) is 13.0. The van der Waals surface area contributed by atoms with Crippen molar-refractivity contribution in [2.75, 3.05) is 60.5 Å². The standard InChI is InChI=1S/C39H45ClN10O3/c1-25-31(23-46(4)45-25)36-43-34-35(32(40)21-41-37(34)44-36)53-30-10-8-27(9-11-30)48-18-19-49(39(2,3)24-48)22-26-12-15-47(16-13-26)28-6-5-7-29(20-28)50-17-14-33(51)42-38(50)52/h5-11,20-21,23,26H,12-19,22,24H2,1-4H3,(H,41,43,44)(H,42,51,52). The van der Waals surface area contributed by atoms with Gasteiger partial charge in [0.15, 0.2) is 11.4 Å². The number of aromatic amines is 1. The molecule has 276 valence electrons. The molecule has 3 amide bonds. The maximum atomic E-state index is 12.4. The van der Waals surface area contributed by atoms with Crippen LogP contribution in [-0.4, -0.2) is 92.9 Å². The lowest BCUT2D eigenvalue weighted by Crippen LogP contribution is -2.60. The number of aromatic nitrogens is 5. The van der Waals surface area contributed by atoms with Gasteiger partial charge in [0.25, 0.3) is 0 Å². The molecule has 0 atom stereocenters. The number of piperazine rings is 1. The highest BCUT2D eigenvalue weighted by Gasteiger charge is 2.36. The molecule has 3 saturated heterocycles. The monoisotopic (exact) mass is 736 g/mol. The predicted molar refractivity (Wildman–Crippen MR) is 207 cm³/mol. The second kappa shape index (κ2) is 14.0. The van der Waals surface area contributed by atoms with E-state index in [1.807, 2.05) is 44.4 Å². The van der Waals surface area contributed by atoms with E-state index in [1.54, 1.807) is 15.8 Å². The number of H-pyrrole nitrogens is 1. The number of anilines is 3. The molecule has 2 N–H and O–H groups in total. The molecule has 3 fully saturated rings. The molecule has 8 rings (SSSR count). The molecule has 5 aromatic rings. The van der Waals surface area contributed by atoms with E-state index in [2.05, 4.69) is 78.2 Å². The van der Waals surface area contributed by atoms with Crippen molar-refractivity contribution in [3.05, 3.63) is 71.6 Å². The van der Waals surface area contributed by atoms with Crippen LogP contribution in [0.2, 0.25) is 5.02 Å². The van der Waals surface area contributed by atoms with Gasteiger partial charge in [0.05, 0.1) is 17.5 Å². The fourth-order valence-electron chi connectivity index (χ4n) is 7.92. The van der Waals surface area contributed by atoms with Crippen LogP contribution < -0.4 is 24.8 Å². The van der Waals surface area contributed by atoms with E-state index in [0.717, 1.165) is 80.4 Å². The minimum atomic E-state index is -0.347. The van der Waals surface area contributed by atoms with Crippen LogP contribution in [0, 0.1) is 12.8 Å². The SMILES string of the molecule is Cc1nn(C)cc1-c1nc2ncc(Cl)c(Oc3ccc(N4CCN(CC5CCN(c6cccc(N7CCC(=O)NC7=O)c6)CC5)C(C)(C)C4)cc3)c2[nH]1. The van der Waals surface area contributed by atoms with Gasteiger partial charge in [-0.2, -0.15) is 5.10 Å². The molecule has 0 radical (unpaired) electrons. The molecule has 13 nitrogen and oxygen atoms in total. The summed E-state index contributed by atoms with van der Waals surface area (Å²) in [5.41, 5.74) is 6.06. The van der Waals surface area contributed by atoms with Crippen LogP contribution >= 0.6 is 11.6 Å². The Hall–Kier alpha value is -5.14. The quantitative estimate of drug-likeness (QED) is 0.187. The second-order valence-electron chi connectivity index (χ2n) is 15.0. The Labute approximate surface area is 313 Å². The lowest BCUT2D eigenvalue weighted by atomic mass is 9.91. The molecule has 3 aliphatic rings. The van der Waals surface area contributed by atoms with Gasteiger partial charge in [-0.3, -0.25) is 24.6 Å². The molecule has 3 aliphatic heterocycles. The van der Waals surface area contributed by atoms with Gasteiger partial charge in [0.1, 0.15) is 22.1 Å². The Morgan fingerprint density at radius 2 is 1.74 bits per heavy atom. The van der Waals surface area contributed by atoms with Crippen LogP contribution in [-0.2, 0) is 11.8 Å². The fourth-order valence-corrected chi connectivity index (χ4v) is 8.10. The van der Waals surface area contributed by atoms with Gasteiger partial charge in [-0.1, -0.05) is 17.7 Å². The number of hydrogen-bond donors (Lipinski definition) is 2. The van der Waals surface area contributed by atoms with Crippen LogP contribution in [0.1, 0.15) is 38.8 Å². The number of pyridine rings is 1. The lowest BCUT2D eigenvalue weighted by Gasteiger charge is -2.49. The largest absolute Gasteiger partial charge is 0.453 e. The van der Waals surface area contributed by atoms with Crippen LogP contribution in [0.15, 0.2) is 60.9 Å². The van der Waals surface area contributed by atoms with Crippen molar-refractivity contribution in [3.63, 3.8) is 0 Å². The van der Waals surface area contributed by atoms with Crippen LogP contribution in [0.25, 0.3) is 22.6 Å². The third-order valence-corrected chi connectivity index (χ3v) is 11.1. The van der Waals surface area contributed by atoms with Gasteiger partial charge < -0.3 is 19.5 Å². The highest BCUT2D eigenvalue weighted by Crippen LogP contribution is 2.37. The van der Waals surface area contributed by atoms with Crippen molar-refractivity contribution in [1.29, 1.82) is 0 Å². The zero-order chi connectivity index (χ0) is 36.9. The van der Waals surface area contributed by atoms with Gasteiger partial charge in [0, 0.05) is 88.1 Å². The predicted octanol–water partition coefficient (Wildman–Crippen LogP) is 6.38. The molecule has 0 aliphatic carbocycles. The van der Waals surface area contributed by atoms with E-state index in [0.29, 0.717) is 52.4 Å². The first-order valence-corrected chi connectivity index (χ1v) is 18.7. The average molecular weight is 737 g/mol. The minimum absolute atomic E-state index is 0.0103. The Balaban J connectivity index is 0.866. The number of fused-ring (bicyclic) bond motifs is 1. The number of nitrogens with one attached hydrogen (secondary N) is 2. The number of carbonyl (C=O) groups is 2. The zero-order valence-corrected chi connectivity index (χ0v) is 31.4. The molecule has 14 heteroatoms. The molecule has 0 bridgehead atoms. The third-order valence-electron chi connectivity index (χ3n) is 10.8. The van der Waals surface area contributed by atoms with Gasteiger partial charge >= 0.3 is 6.03 Å². The molecular weight excluding hydrogens is 692 g/mol. The topological polar surface area (TPSA) is 128 Å². The Kier molecular flexibility index (Phi) is 9.23. The summed E-state index contributed by atoms with van der Waals surface area (Å²) in [6, 6.07) is 16.0. The van der Waals surface area contributed by atoms with Crippen LogP contribution in [0.3, 0.4) is 0 Å². The van der Waals surface area contributed by atoms with Crippen molar-refractivity contribution >= 4 is 51.8 Å². The molecular formula is C39H45ClN10O3. The summed E-state index contributed by atoms with van der Waals surface area (Å²) in [7, 11) is 1.88. The summed E-state index contributed by atoms with van der Waals surface area (Å²) < 4.78 is 8.11. The number of urea groups is 1. The Morgan fingerprint density at radius 3 is 2.45 bits per heavy atom. The molecule has 0 unspecified atom stereocenters. The smallest absolute Gasteiger partial charge is 0.328 e. The molecule has 6 heterocycles. The Bertz CT molecular complexity index is 2150. The van der Waals surface area contributed by atoms with E-state index >= 15 is 0 Å². The van der Waals surface area contributed by atoms with Crippen molar-refractivity contribution in [3.8, 4) is 22.9 Å². The van der Waals surface area contributed by atoms with Crippen LogP contribution in [0.4, 0.5) is 21.9 Å². The number of halogens is 1. The summed E-state index contributed by atoms with van der Waals surface area (Å²) in [5.74, 6) is 2.25. The second-order valence-corrected chi connectivity index (χ2v) is 15.4. The Morgan fingerprint density at radius 1 is 0.962 bits per heavy atom. The highest BCUT2D eigenvalue weighted by molar-refractivity contribution is 6.32. The number of benzene rings is 2. The fraction of sp³-hybridized carbons (Fsp3) is 0.410. The lowest BCUT2D eigenvalue weighted by molar-refractivity contribution is -0.120. The summed E-state index contributed by atoms with van der Waals surface area (Å²) in [6.07, 6.45) is 6.06. The number of hydrogen-bond acceptors (Lipinski definition) is 9. The average Bonchev–Trinajstić information content (AvgIpc) is 3.73. The number of rotatable bonds is 8. The first-order valence-electron chi connectivity index (χ1n) is 18.3. The van der Waals surface area contributed by atoms with Crippen molar-refractivity contribution in [2.24, 2.45) is 13.0 Å². The number of ether oxygens (including phenoxy) is 1. The maximum absolute atomic E-state index is 12.4. The minimum Gasteiger partial charge on any atom is -0.453 e. The number of nitrogens with zero attached hydrogens (tertiary/aromatic N) is 8. The van der Waals surface area contributed by atoms with Gasteiger partial charge in [-0.05, 0) is 82.0 Å². The van der Waals surface area contributed by atoms with Crippen LogP contribution in [0.5, 0.6) is 11.5 Å². The van der Waals surface area contributed by atoms with E-state index < -0.39 is 0 Å². The van der Waals surface area contributed by atoms with Gasteiger partial charge in [-0.15, -0.1) is 0 Å². The van der Waals surface area contributed by atoms with E-state index in [-0.39, 0.29) is 17.5 Å². The molecule has 0 saturated carbocycles. The van der Waals surface area contributed by atoms with E-state index in [9.17, 15) is 9.59 Å². The number of piperidine rings is 1. The number of imide groups is 1. The first-order chi connectivity index (χ1) is 25.5. The number of imidazole rings is 1. The molecule has 3 aromatic heterocycles. The summed E-state index contributed by atoms with van der Waals surface area (Å²) in [5, 5.41) is 7.26. The molecule has 0 spiro atoms. The maximum Gasteiger partial charge on any atom is 0.328 e. The third kappa shape index (κ3) is 7.15. The molecule has 53 heavy (non-hydrogen) atoms. The zero-order valence-electron chi connectivity index (χ0n) is 30.6.